The van der Waals surface area contributed by atoms with E-state index in [1.165, 1.54) is 0 Å². The van der Waals surface area contributed by atoms with E-state index in [0.717, 1.165) is 30.9 Å². The molecule has 1 aromatic carbocycles. The molecule has 0 amide bonds. The first kappa shape index (κ1) is 15.1. The van der Waals surface area contributed by atoms with Crippen LogP contribution in [-0.4, -0.2) is 32.8 Å². The van der Waals surface area contributed by atoms with Gasteiger partial charge in [0, 0.05) is 6.54 Å². The van der Waals surface area contributed by atoms with Crippen molar-refractivity contribution in [2.45, 2.75) is 19.8 Å². The summed E-state index contributed by atoms with van der Waals surface area (Å²) in [6, 6.07) is 7.47. The number of methoxy groups -OCH3 is 1. The van der Waals surface area contributed by atoms with Crippen LogP contribution < -0.4 is 20.5 Å². The molecular formula is C14H23N3O2. The Balaban J connectivity index is 2.17. The van der Waals surface area contributed by atoms with Gasteiger partial charge in [-0.25, -0.2) is 0 Å². The highest BCUT2D eigenvalue weighted by Gasteiger charge is 1.95. The van der Waals surface area contributed by atoms with Gasteiger partial charge in [0.15, 0.2) is 5.96 Å². The van der Waals surface area contributed by atoms with Crippen molar-refractivity contribution in [2.75, 3.05) is 26.8 Å². The second-order valence-electron chi connectivity index (χ2n) is 4.07. The van der Waals surface area contributed by atoms with Crippen LogP contribution in [0.1, 0.15) is 19.8 Å². The number of ether oxygens (including phenoxy) is 2. The molecule has 0 fully saturated rings. The van der Waals surface area contributed by atoms with Crippen molar-refractivity contribution in [2.24, 2.45) is 10.7 Å². The molecule has 3 N–H and O–H groups in total. The number of nitrogens with one attached hydrogen (secondary N) is 1. The maximum atomic E-state index is 5.70. The van der Waals surface area contributed by atoms with Gasteiger partial charge in [0.05, 0.1) is 13.7 Å². The molecule has 0 saturated heterocycles. The quantitative estimate of drug-likeness (QED) is 0.427. The minimum Gasteiger partial charge on any atom is -0.497 e. The fourth-order valence-corrected chi connectivity index (χ4v) is 1.43. The topological polar surface area (TPSA) is 68.9 Å². The summed E-state index contributed by atoms with van der Waals surface area (Å²) >= 11 is 0. The highest BCUT2D eigenvalue weighted by atomic mass is 16.5. The monoisotopic (exact) mass is 265 g/mol. The zero-order chi connectivity index (χ0) is 13.9. The van der Waals surface area contributed by atoms with E-state index in [1.807, 2.05) is 24.3 Å². The third kappa shape index (κ3) is 6.55. The van der Waals surface area contributed by atoms with E-state index in [9.17, 15) is 0 Å². The molecule has 5 heteroatoms. The van der Waals surface area contributed by atoms with Crippen LogP contribution in [0.2, 0.25) is 0 Å². The van der Waals surface area contributed by atoms with Crippen LogP contribution in [0, 0.1) is 0 Å². The number of hydrogen-bond acceptors (Lipinski definition) is 3. The molecule has 1 rings (SSSR count). The third-order valence-corrected chi connectivity index (χ3v) is 2.53. The molecule has 0 aliphatic carbocycles. The van der Waals surface area contributed by atoms with Crippen LogP contribution in [-0.2, 0) is 0 Å². The third-order valence-electron chi connectivity index (χ3n) is 2.53. The Morgan fingerprint density at radius 3 is 2.58 bits per heavy atom. The van der Waals surface area contributed by atoms with Gasteiger partial charge in [-0.05, 0) is 30.7 Å². The van der Waals surface area contributed by atoms with Crippen LogP contribution in [0.5, 0.6) is 11.5 Å². The second-order valence-corrected chi connectivity index (χ2v) is 4.07. The summed E-state index contributed by atoms with van der Waals surface area (Å²) in [4.78, 5) is 4.19. The van der Waals surface area contributed by atoms with E-state index in [1.54, 1.807) is 7.11 Å². The van der Waals surface area contributed by atoms with E-state index in [4.69, 9.17) is 15.2 Å². The standard InChI is InChI=1S/C14H23N3O2/c1-3-4-9-16-14(15)17-10-11-19-13-7-5-12(18-2)6-8-13/h5-8H,3-4,9-11H2,1-2H3,(H3,15,16,17). The summed E-state index contributed by atoms with van der Waals surface area (Å²) in [6.07, 6.45) is 2.18. The molecule has 19 heavy (non-hydrogen) atoms. The Kier molecular flexibility index (Phi) is 7.24. The Morgan fingerprint density at radius 2 is 1.95 bits per heavy atom. The van der Waals surface area contributed by atoms with E-state index in [0.29, 0.717) is 19.1 Å². The molecule has 0 aromatic heterocycles. The number of aliphatic imine (C=N–C) groups is 1. The fraction of sp³-hybridized carbons (Fsp3) is 0.500. The van der Waals surface area contributed by atoms with E-state index in [2.05, 4.69) is 17.2 Å². The Bertz CT molecular complexity index is 377. The van der Waals surface area contributed by atoms with Gasteiger partial charge in [-0.2, -0.15) is 0 Å². The van der Waals surface area contributed by atoms with E-state index in [-0.39, 0.29) is 0 Å². The number of nitrogens with two attached hydrogens (primary N) is 1. The molecular weight excluding hydrogens is 242 g/mol. The van der Waals surface area contributed by atoms with Crippen LogP contribution in [0.4, 0.5) is 0 Å². The summed E-state index contributed by atoms with van der Waals surface area (Å²) in [6.45, 7) is 4.07. The van der Waals surface area contributed by atoms with Crippen molar-refractivity contribution in [1.29, 1.82) is 0 Å². The van der Waals surface area contributed by atoms with Gasteiger partial charge in [0.2, 0.25) is 0 Å². The van der Waals surface area contributed by atoms with Crippen LogP contribution in [0.3, 0.4) is 0 Å². The number of hydrogen-bond donors (Lipinski definition) is 2. The predicted octanol–water partition coefficient (Wildman–Crippen LogP) is 1.78. The molecule has 0 aliphatic rings. The number of benzene rings is 1. The fourth-order valence-electron chi connectivity index (χ4n) is 1.43. The lowest BCUT2D eigenvalue weighted by Gasteiger charge is -2.08. The summed E-state index contributed by atoms with van der Waals surface area (Å²) in [5, 5.41) is 3.01. The molecule has 1 aromatic rings. The molecule has 0 heterocycles. The summed E-state index contributed by atoms with van der Waals surface area (Å²) in [7, 11) is 1.64. The average Bonchev–Trinajstić information content (AvgIpc) is 2.44. The summed E-state index contributed by atoms with van der Waals surface area (Å²) in [5.41, 5.74) is 5.70. The van der Waals surface area contributed by atoms with Crippen LogP contribution >= 0.6 is 0 Å². The largest absolute Gasteiger partial charge is 0.497 e. The van der Waals surface area contributed by atoms with Gasteiger partial charge < -0.3 is 20.5 Å². The van der Waals surface area contributed by atoms with Gasteiger partial charge >= 0.3 is 0 Å². The van der Waals surface area contributed by atoms with E-state index < -0.39 is 0 Å². The first-order valence-electron chi connectivity index (χ1n) is 6.57. The molecule has 0 saturated carbocycles. The number of unbranched alkanes of at least 4 members (excludes halogenated alkanes) is 1. The van der Waals surface area contributed by atoms with Gasteiger partial charge in [0.25, 0.3) is 0 Å². The van der Waals surface area contributed by atoms with Gasteiger partial charge in [0.1, 0.15) is 18.1 Å². The predicted molar refractivity (Wildman–Crippen MR) is 77.9 cm³/mol. The average molecular weight is 265 g/mol. The maximum Gasteiger partial charge on any atom is 0.188 e. The zero-order valence-electron chi connectivity index (χ0n) is 11.7. The van der Waals surface area contributed by atoms with Crippen molar-refractivity contribution < 1.29 is 9.47 Å². The Hall–Kier alpha value is -1.91. The molecule has 0 atom stereocenters. The van der Waals surface area contributed by atoms with Crippen molar-refractivity contribution in [3.63, 3.8) is 0 Å². The lowest BCUT2D eigenvalue weighted by Crippen LogP contribution is -2.34. The van der Waals surface area contributed by atoms with Crippen molar-refractivity contribution in [1.82, 2.24) is 5.32 Å². The minimum atomic E-state index is 0.479. The number of guanidine groups is 1. The first-order valence-corrected chi connectivity index (χ1v) is 6.57. The molecule has 5 nitrogen and oxygen atoms in total. The zero-order valence-corrected chi connectivity index (χ0v) is 11.7. The van der Waals surface area contributed by atoms with Crippen molar-refractivity contribution >= 4 is 5.96 Å². The van der Waals surface area contributed by atoms with Crippen molar-refractivity contribution in [3.8, 4) is 11.5 Å². The molecule has 0 aliphatic heterocycles. The Morgan fingerprint density at radius 1 is 1.26 bits per heavy atom. The van der Waals surface area contributed by atoms with Gasteiger partial charge in [-0.1, -0.05) is 13.3 Å². The minimum absolute atomic E-state index is 0.479. The van der Waals surface area contributed by atoms with E-state index >= 15 is 0 Å². The van der Waals surface area contributed by atoms with Gasteiger partial charge in [-0.15, -0.1) is 0 Å². The lowest BCUT2D eigenvalue weighted by atomic mass is 10.3. The molecule has 0 spiro atoms. The summed E-state index contributed by atoms with van der Waals surface area (Å²) in [5.74, 6) is 2.11. The highest BCUT2D eigenvalue weighted by Crippen LogP contribution is 2.16. The molecule has 0 radical (unpaired) electrons. The van der Waals surface area contributed by atoms with Crippen LogP contribution in [0.25, 0.3) is 0 Å². The number of rotatable bonds is 8. The lowest BCUT2D eigenvalue weighted by molar-refractivity contribution is 0.321. The van der Waals surface area contributed by atoms with Crippen LogP contribution in [0.15, 0.2) is 29.3 Å². The normalized spacial score (nSPS) is 11.2. The first-order chi connectivity index (χ1) is 9.26. The van der Waals surface area contributed by atoms with Crippen molar-refractivity contribution in [3.05, 3.63) is 24.3 Å². The Labute approximate surface area is 114 Å². The molecule has 0 bridgehead atoms. The smallest absolute Gasteiger partial charge is 0.188 e. The highest BCUT2D eigenvalue weighted by molar-refractivity contribution is 5.77. The second kappa shape index (κ2) is 9.08. The molecule has 106 valence electrons. The van der Waals surface area contributed by atoms with Gasteiger partial charge in [-0.3, -0.25) is 4.99 Å². The number of nitrogens with zero attached hydrogens (tertiary/aromatic N) is 1. The SMILES string of the molecule is CCCCN=C(N)NCCOc1ccc(OC)cc1. The molecule has 0 unspecified atom stereocenters. The maximum absolute atomic E-state index is 5.70. The summed E-state index contributed by atoms with van der Waals surface area (Å²) < 4.78 is 10.6.